The SMILES string of the molecule is CC(=O)OCC(=O)[C@@]1(OC(C)=O)CC[C@H]2[C@@H]3CC=C4C=C(OC(C)=O)CC[C@]4(C)[C@H]3C(=O)C[C@@]21C. The van der Waals surface area contributed by atoms with Crippen LogP contribution in [0.25, 0.3) is 0 Å². The maximum absolute atomic E-state index is 13.9. The Hall–Kier alpha value is -2.77. The summed E-state index contributed by atoms with van der Waals surface area (Å²) in [6, 6.07) is 0. The molecule has 190 valence electrons. The van der Waals surface area contributed by atoms with Gasteiger partial charge in [0.2, 0.25) is 5.78 Å². The van der Waals surface area contributed by atoms with Crippen molar-refractivity contribution in [1.29, 1.82) is 0 Å². The van der Waals surface area contributed by atoms with Gasteiger partial charge in [0.25, 0.3) is 0 Å². The van der Waals surface area contributed by atoms with Crippen LogP contribution in [0.3, 0.4) is 0 Å². The molecule has 0 aromatic heterocycles. The van der Waals surface area contributed by atoms with Gasteiger partial charge in [-0.3, -0.25) is 24.0 Å². The predicted octanol–water partition coefficient (Wildman–Crippen LogP) is 3.62. The van der Waals surface area contributed by atoms with Gasteiger partial charge in [0.05, 0.1) is 0 Å². The molecule has 0 unspecified atom stereocenters. The van der Waals surface area contributed by atoms with Gasteiger partial charge in [-0.2, -0.15) is 0 Å². The van der Waals surface area contributed by atoms with E-state index in [1.54, 1.807) is 0 Å². The normalized spacial score (nSPS) is 37.6. The van der Waals surface area contributed by atoms with E-state index in [9.17, 15) is 24.0 Å². The van der Waals surface area contributed by atoms with Crippen molar-refractivity contribution >= 4 is 29.5 Å². The van der Waals surface area contributed by atoms with Crippen molar-refractivity contribution in [3.8, 4) is 0 Å². The van der Waals surface area contributed by atoms with Crippen molar-refractivity contribution in [3.63, 3.8) is 0 Å². The molecular weight excluding hydrogens is 452 g/mol. The second-order valence-corrected chi connectivity index (χ2v) is 11.0. The summed E-state index contributed by atoms with van der Waals surface area (Å²) in [5.41, 5.74) is -1.75. The topological polar surface area (TPSA) is 113 Å². The van der Waals surface area contributed by atoms with E-state index in [0.717, 1.165) is 5.57 Å². The van der Waals surface area contributed by atoms with E-state index in [-0.39, 0.29) is 41.3 Å². The number of carbonyl (C=O) groups is 5. The number of esters is 3. The summed E-state index contributed by atoms with van der Waals surface area (Å²) in [5, 5.41) is 0. The lowest BCUT2D eigenvalue weighted by Crippen LogP contribution is -2.62. The van der Waals surface area contributed by atoms with E-state index in [2.05, 4.69) is 13.0 Å². The van der Waals surface area contributed by atoms with Crippen LogP contribution < -0.4 is 0 Å². The molecule has 0 radical (unpaired) electrons. The van der Waals surface area contributed by atoms with Crippen LogP contribution in [0, 0.1) is 28.6 Å². The molecule has 0 aromatic carbocycles. The molecule has 0 N–H and O–H groups in total. The Morgan fingerprint density at radius 2 is 1.74 bits per heavy atom. The van der Waals surface area contributed by atoms with Crippen molar-refractivity contribution in [3.05, 3.63) is 23.5 Å². The van der Waals surface area contributed by atoms with E-state index in [4.69, 9.17) is 14.2 Å². The van der Waals surface area contributed by atoms with Crippen LogP contribution in [0.4, 0.5) is 0 Å². The Morgan fingerprint density at radius 1 is 1.03 bits per heavy atom. The zero-order chi connectivity index (χ0) is 25.8. The highest BCUT2D eigenvalue weighted by atomic mass is 16.6. The summed E-state index contributed by atoms with van der Waals surface area (Å²) < 4.78 is 16.1. The molecule has 4 rings (SSSR count). The van der Waals surface area contributed by atoms with Crippen molar-refractivity contribution in [2.24, 2.45) is 28.6 Å². The molecule has 4 aliphatic rings. The van der Waals surface area contributed by atoms with Gasteiger partial charge >= 0.3 is 17.9 Å². The summed E-state index contributed by atoms with van der Waals surface area (Å²) >= 11 is 0. The number of hydrogen-bond acceptors (Lipinski definition) is 8. The molecule has 6 atom stereocenters. The molecule has 8 nitrogen and oxygen atoms in total. The molecule has 4 aliphatic carbocycles. The first-order chi connectivity index (χ1) is 16.3. The number of rotatable bonds is 5. The summed E-state index contributed by atoms with van der Waals surface area (Å²) in [4.78, 5) is 62.3. The number of allylic oxidation sites excluding steroid dienone is 4. The van der Waals surface area contributed by atoms with Crippen LogP contribution >= 0.6 is 0 Å². The van der Waals surface area contributed by atoms with E-state index in [0.29, 0.717) is 37.9 Å². The summed E-state index contributed by atoms with van der Waals surface area (Å²) in [6.07, 6.45) is 7.00. The lowest BCUT2D eigenvalue weighted by atomic mass is 9.47. The number of ketones is 2. The van der Waals surface area contributed by atoms with Crippen molar-refractivity contribution in [2.45, 2.75) is 78.7 Å². The van der Waals surface area contributed by atoms with Gasteiger partial charge in [0.1, 0.15) is 11.5 Å². The highest BCUT2D eigenvalue weighted by molar-refractivity contribution is 5.95. The highest BCUT2D eigenvalue weighted by Gasteiger charge is 2.70. The largest absolute Gasteiger partial charge is 0.458 e. The fourth-order valence-corrected chi connectivity index (χ4v) is 7.60. The van der Waals surface area contributed by atoms with Crippen LogP contribution in [-0.2, 0) is 38.2 Å². The first kappa shape index (κ1) is 25.3. The van der Waals surface area contributed by atoms with E-state index in [1.165, 1.54) is 20.8 Å². The molecule has 35 heavy (non-hydrogen) atoms. The summed E-state index contributed by atoms with van der Waals surface area (Å²) in [5.74, 6) is -1.57. The Morgan fingerprint density at radius 3 is 2.37 bits per heavy atom. The van der Waals surface area contributed by atoms with E-state index in [1.807, 2.05) is 13.0 Å². The fraction of sp³-hybridized carbons (Fsp3) is 0.667. The number of ether oxygens (including phenoxy) is 3. The molecule has 2 saturated carbocycles. The summed E-state index contributed by atoms with van der Waals surface area (Å²) in [6.45, 7) is 7.36. The van der Waals surface area contributed by atoms with E-state index >= 15 is 0 Å². The molecule has 0 amide bonds. The third-order valence-electron chi connectivity index (χ3n) is 8.99. The molecule has 8 heteroatoms. The predicted molar refractivity (Wildman–Crippen MR) is 123 cm³/mol. The van der Waals surface area contributed by atoms with Crippen LogP contribution in [0.15, 0.2) is 23.5 Å². The monoisotopic (exact) mass is 486 g/mol. The first-order valence-corrected chi connectivity index (χ1v) is 12.3. The minimum Gasteiger partial charge on any atom is -0.458 e. The van der Waals surface area contributed by atoms with Gasteiger partial charge in [-0.15, -0.1) is 0 Å². The second-order valence-electron chi connectivity index (χ2n) is 11.0. The standard InChI is InChI=1S/C27H34O8/c1-15(28)33-14-23(32)27(35-17(3)30)11-9-21-20-7-6-18-12-19(34-16(2)29)8-10-25(18,4)24(20)22(31)13-26(21,27)5/h6,12,20-21,24H,7-11,13-14H2,1-5H3/t20-,21-,24+,25-,26-,27-/m0/s1. The van der Waals surface area contributed by atoms with Crippen molar-refractivity contribution in [1.82, 2.24) is 0 Å². The summed E-state index contributed by atoms with van der Waals surface area (Å²) in [7, 11) is 0. The maximum atomic E-state index is 13.9. The van der Waals surface area contributed by atoms with Crippen LogP contribution in [-0.4, -0.2) is 41.7 Å². The third kappa shape index (κ3) is 3.95. The molecule has 0 aromatic rings. The Labute approximate surface area is 205 Å². The average molecular weight is 487 g/mol. The average Bonchev–Trinajstić information content (AvgIpc) is 3.03. The highest BCUT2D eigenvalue weighted by Crippen LogP contribution is 2.67. The quantitative estimate of drug-likeness (QED) is 0.428. The smallest absolute Gasteiger partial charge is 0.307 e. The zero-order valence-corrected chi connectivity index (χ0v) is 21.1. The molecule has 0 heterocycles. The number of fused-ring (bicyclic) bond motifs is 5. The molecule has 0 saturated heterocycles. The molecule has 2 fully saturated rings. The Bertz CT molecular complexity index is 1050. The van der Waals surface area contributed by atoms with Gasteiger partial charge in [-0.25, -0.2) is 0 Å². The Kier molecular flexibility index (Phi) is 6.31. The molecule has 0 spiro atoms. The second kappa shape index (κ2) is 8.71. The minimum atomic E-state index is -1.50. The van der Waals surface area contributed by atoms with Crippen LogP contribution in [0.1, 0.15) is 73.1 Å². The van der Waals surface area contributed by atoms with Crippen LogP contribution in [0.2, 0.25) is 0 Å². The number of carbonyl (C=O) groups excluding carboxylic acids is 5. The minimum absolute atomic E-state index is 0.00219. The lowest BCUT2D eigenvalue weighted by Gasteiger charge is -2.57. The van der Waals surface area contributed by atoms with Gasteiger partial charge in [-0.05, 0) is 49.2 Å². The Balaban J connectivity index is 1.71. The van der Waals surface area contributed by atoms with E-state index < -0.39 is 35.3 Å². The van der Waals surface area contributed by atoms with Crippen LogP contribution in [0.5, 0.6) is 0 Å². The lowest BCUT2D eigenvalue weighted by molar-refractivity contribution is -0.191. The van der Waals surface area contributed by atoms with Gasteiger partial charge < -0.3 is 14.2 Å². The van der Waals surface area contributed by atoms with Crippen molar-refractivity contribution in [2.75, 3.05) is 6.61 Å². The maximum Gasteiger partial charge on any atom is 0.307 e. The molecule has 0 aliphatic heterocycles. The van der Waals surface area contributed by atoms with Gasteiger partial charge in [-0.1, -0.05) is 19.9 Å². The molecular formula is C27H34O8. The van der Waals surface area contributed by atoms with Crippen molar-refractivity contribution < 1.29 is 38.2 Å². The fourth-order valence-electron chi connectivity index (χ4n) is 7.60. The first-order valence-electron chi connectivity index (χ1n) is 12.3. The zero-order valence-electron chi connectivity index (χ0n) is 21.1. The molecule has 0 bridgehead atoms. The third-order valence-corrected chi connectivity index (χ3v) is 8.99. The number of Topliss-reactive ketones (excluding diaryl/α,β-unsaturated/α-hetero) is 2. The van der Waals surface area contributed by atoms with Gasteiger partial charge in [0.15, 0.2) is 12.2 Å². The number of hydrogen-bond donors (Lipinski definition) is 0. The van der Waals surface area contributed by atoms with Gasteiger partial charge in [0, 0.05) is 50.4 Å².